The van der Waals surface area contributed by atoms with Crippen LogP contribution in [0.2, 0.25) is 0 Å². The Hall–Kier alpha value is -0.860. The highest BCUT2D eigenvalue weighted by Crippen LogP contribution is 2.50. The molecule has 0 bridgehead atoms. The van der Waals surface area contributed by atoms with Gasteiger partial charge in [0, 0.05) is 11.5 Å². The molecule has 2 N–H and O–H groups in total. The largest absolute Gasteiger partial charge is 0.376 e. The summed E-state index contributed by atoms with van der Waals surface area (Å²) in [5, 5.41) is 0. The van der Waals surface area contributed by atoms with Crippen molar-refractivity contribution in [1.29, 1.82) is 0 Å². The Kier molecular flexibility index (Phi) is 2.30. The Labute approximate surface area is 96.8 Å². The molecule has 2 heteroatoms. The second-order valence-corrected chi connectivity index (χ2v) is 5.23. The minimum absolute atomic E-state index is 0.259. The van der Waals surface area contributed by atoms with Gasteiger partial charge in [-0.05, 0) is 42.9 Å². The first-order chi connectivity index (χ1) is 7.72. The van der Waals surface area contributed by atoms with Crippen LogP contribution in [0, 0.1) is 0 Å². The van der Waals surface area contributed by atoms with Crippen LogP contribution in [0.1, 0.15) is 36.5 Å². The Morgan fingerprint density at radius 3 is 2.81 bits per heavy atom. The fraction of sp³-hybridized carbons (Fsp3) is 0.571. The summed E-state index contributed by atoms with van der Waals surface area (Å²) in [6.07, 6.45) is 3.54. The molecule has 3 rings (SSSR count). The van der Waals surface area contributed by atoms with Gasteiger partial charge in [0.05, 0.1) is 13.2 Å². The maximum absolute atomic E-state index is 6.11. The number of benzene rings is 1. The molecule has 2 aliphatic rings. The lowest BCUT2D eigenvalue weighted by atomic mass is 9.87. The van der Waals surface area contributed by atoms with E-state index in [0.717, 1.165) is 19.6 Å². The third kappa shape index (κ3) is 1.48. The van der Waals surface area contributed by atoms with E-state index in [-0.39, 0.29) is 11.5 Å². The molecule has 0 saturated heterocycles. The van der Waals surface area contributed by atoms with Crippen LogP contribution in [-0.2, 0) is 23.2 Å². The van der Waals surface area contributed by atoms with Crippen molar-refractivity contribution in [1.82, 2.24) is 0 Å². The van der Waals surface area contributed by atoms with Gasteiger partial charge in [0.25, 0.3) is 0 Å². The summed E-state index contributed by atoms with van der Waals surface area (Å²) in [5.74, 6) is 0. The predicted octanol–water partition coefficient (Wildman–Crippen LogP) is 2.14. The Morgan fingerprint density at radius 2 is 2.12 bits per heavy atom. The van der Waals surface area contributed by atoms with Gasteiger partial charge in [0.15, 0.2) is 0 Å². The standard InChI is InChI=1S/C14H19NO/c1-10(15)14(5-6-14)13-3-2-11-4-7-16-9-12(11)8-13/h2-3,8,10H,4-7,9,15H2,1H3. The van der Waals surface area contributed by atoms with Crippen molar-refractivity contribution in [3.8, 4) is 0 Å². The molecule has 1 heterocycles. The highest BCUT2D eigenvalue weighted by atomic mass is 16.5. The minimum Gasteiger partial charge on any atom is -0.376 e. The molecule has 1 aromatic rings. The van der Waals surface area contributed by atoms with E-state index in [2.05, 4.69) is 25.1 Å². The van der Waals surface area contributed by atoms with Crippen molar-refractivity contribution < 1.29 is 4.74 Å². The van der Waals surface area contributed by atoms with Crippen molar-refractivity contribution in [2.24, 2.45) is 5.73 Å². The molecule has 0 radical (unpaired) electrons. The summed E-state index contributed by atoms with van der Waals surface area (Å²) in [5.41, 5.74) is 10.6. The van der Waals surface area contributed by atoms with Crippen molar-refractivity contribution in [3.05, 3.63) is 34.9 Å². The molecule has 1 unspecified atom stereocenters. The number of hydrogen-bond acceptors (Lipinski definition) is 2. The summed E-state index contributed by atoms with van der Waals surface area (Å²) < 4.78 is 5.51. The SMILES string of the molecule is CC(N)C1(c2ccc3c(c2)COCC3)CC1. The van der Waals surface area contributed by atoms with Crippen molar-refractivity contribution >= 4 is 0 Å². The zero-order valence-corrected chi connectivity index (χ0v) is 9.83. The van der Waals surface area contributed by atoms with Gasteiger partial charge in [0.1, 0.15) is 0 Å². The fourth-order valence-electron chi connectivity index (χ4n) is 2.82. The maximum Gasteiger partial charge on any atom is 0.0719 e. The fourth-order valence-corrected chi connectivity index (χ4v) is 2.82. The molecular formula is C14H19NO. The first-order valence-electron chi connectivity index (χ1n) is 6.18. The molecule has 16 heavy (non-hydrogen) atoms. The van der Waals surface area contributed by atoms with E-state index in [1.54, 1.807) is 0 Å². The molecule has 1 fully saturated rings. The summed E-state index contributed by atoms with van der Waals surface area (Å²) in [6, 6.07) is 7.14. The van der Waals surface area contributed by atoms with E-state index in [9.17, 15) is 0 Å². The molecule has 1 aliphatic carbocycles. The van der Waals surface area contributed by atoms with Gasteiger partial charge in [-0.2, -0.15) is 0 Å². The van der Waals surface area contributed by atoms with Gasteiger partial charge in [-0.25, -0.2) is 0 Å². The molecule has 0 aromatic heterocycles. The van der Waals surface area contributed by atoms with Gasteiger partial charge >= 0.3 is 0 Å². The lowest BCUT2D eigenvalue weighted by Gasteiger charge is -2.23. The lowest BCUT2D eigenvalue weighted by Crippen LogP contribution is -2.31. The highest BCUT2D eigenvalue weighted by Gasteiger charge is 2.47. The van der Waals surface area contributed by atoms with Crippen LogP contribution in [0.15, 0.2) is 18.2 Å². The van der Waals surface area contributed by atoms with Crippen LogP contribution < -0.4 is 5.73 Å². The number of fused-ring (bicyclic) bond motifs is 1. The summed E-state index contributed by atoms with van der Waals surface area (Å²) >= 11 is 0. The lowest BCUT2D eigenvalue weighted by molar-refractivity contribution is 0.110. The molecule has 0 amide bonds. The molecule has 86 valence electrons. The molecule has 1 saturated carbocycles. The van der Waals surface area contributed by atoms with E-state index in [0.29, 0.717) is 0 Å². The number of rotatable bonds is 2. The van der Waals surface area contributed by atoms with E-state index in [1.807, 2.05) is 0 Å². The zero-order chi connectivity index (χ0) is 11.2. The van der Waals surface area contributed by atoms with Gasteiger partial charge in [-0.15, -0.1) is 0 Å². The quantitative estimate of drug-likeness (QED) is 0.823. The average molecular weight is 217 g/mol. The van der Waals surface area contributed by atoms with Gasteiger partial charge < -0.3 is 10.5 Å². The molecule has 1 aliphatic heterocycles. The van der Waals surface area contributed by atoms with Gasteiger partial charge in [0.2, 0.25) is 0 Å². The second-order valence-electron chi connectivity index (χ2n) is 5.23. The predicted molar refractivity (Wildman–Crippen MR) is 64.4 cm³/mol. The van der Waals surface area contributed by atoms with Crippen molar-refractivity contribution in [2.45, 2.75) is 44.2 Å². The second kappa shape index (κ2) is 3.57. The van der Waals surface area contributed by atoms with Crippen LogP contribution in [0.25, 0.3) is 0 Å². The monoisotopic (exact) mass is 217 g/mol. The Balaban J connectivity index is 1.97. The van der Waals surface area contributed by atoms with Crippen molar-refractivity contribution in [3.63, 3.8) is 0 Å². The third-order valence-corrected chi connectivity index (χ3v) is 4.21. The first kappa shape index (κ1) is 10.3. The van der Waals surface area contributed by atoms with E-state index >= 15 is 0 Å². The normalized spacial score (nSPS) is 23.6. The number of nitrogens with two attached hydrogens (primary N) is 1. The van der Waals surface area contributed by atoms with Crippen LogP contribution in [-0.4, -0.2) is 12.6 Å². The first-order valence-corrected chi connectivity index (χ1v) is 6.18. The van der Waals surface area contributed by atoms with E-state index in [1.165, 1.54) is 29.5 Å². The summed E-state index contributed by atoms with van der Waals surface area (Å²) in [6.45, 7) is 3.77. The number of ether oxygens (including phenoxy) is 1. The topological polar surface area (TPSA) is 35.2 Å². The van der Waals surface area contributed by atoms with Crippen LogP contribution in [0.3, 0.4) is 0 Å². The van der Waals surface area contributed by atoms with E-state index in [4.69, 9.17) is 10.5 Å². The molecular weight excluding hydrogens is 198 g/mol. The third-order valence-electron chi connectivity index (χ3n) is 4.21. The average Bonchev–Trinajstić information content (AvgIpc) is 3.09. The summed E-state index contributed by atoms with van der Waals surface area (Å²) in [4.78, 5) is 0. The molecule has 1 aromatic carbocycles. The molecule has 1 atom stereocenters. The maximum atomic E-state index is 6.11. The van der Waals surface area contributed by atoms with Crippen LogP contribution in [0.4, 0.5) is 0 Å². The van der Waals surface area contributed by atoms with Crippen LogP contribution in [0.5, 0.6) is 0 Å². The summed E-state index contributed by atoms with van der Waals surface area (Å²) in [7, 11) is 0. The smallest absolute Gasteiger partial charge is 0.0719 e. The minimum atomic E-state index is 0.259. The van der Waals surface area contributed by atoms with E-state index < -0.39 is 0 Å². The van der Waals surface area contributed by atoms with Gasteiger partial charge in [-0.1, -0.05) is 18.2 Å². The Bertz CT molecular complexity index is 407. The highest BCUT2D eigenvalue weighted by molar-refractivity contribution is 5.40. The van der Waals surface area contributed by atoms with Gasteiger partial charge in [-0.3, -0.25) is 0 Å². The Morgan fingerprint density at radius 1 is 1.31 bits per heavy atom. The number of hydrogen-bond donors (Lipinski definition) is 1. The zero-order valence-electron chi connectivity index (χ0n) is 9.83. The molecule has 0 spiro atoms. The molecule has 2 nitrogen and oxygen atoms in total. The van der Waals surface area contributed by atoms with Crippen LogP contribution >= 0.6 is 0 Å². The van der Waals surface area contributed by atoms with Crippen molar-refractivity contribution in [2.75, 3.05) is 6.61 Å².